The highest BCUT2D eigenvalue weighted by Crippen LogP contribution is 2.38. The quantitative estimate of drug-likeness (QED) is 0.820. The van der Waals surface area contributed by atoms with Crippen molar-refractivity contribution in [1.82, 2.24) is 5.32 Å². The lowest BCUT2D eigenvalue weighted by molar-refractivity contribution is -0.140. The van der Waals surface area contributed by atoms with Gasteiger partial charge in [-0.15, -0.1) is 0 Å². The molecule has 1 saturated carbocycles. The standard InChI is InChI=1S/C13H15NO5S/c1-20(18,19)9-4-2-8(3-5-9)7-14-12(15)10-6-11(10)13(16)17/h2-5,10-11H,6-7H2,1H3,(H,14,15)(H,16,17)/t10-,11+/m0/s1. The van der Waals surface area contributed by atoms with Crippen LogP contribution < -0.4 is 5.32 Å². The Bertz CT molecular complexity index is 635. The zero-order valence-corrected chi connectivity index (χ0v) is 11.7. The molecule has 108 valence electrons. The summed E-state index contributed by atoms with van der Waals surface area (Å²) >= 11 is 0. The number of carbonyl (C=O) groups is 2. The predicted molar refractivity (Wildman–Crippen MR) is 70.6 cm³/mol. The first kappa shape index (κ1) is 14.5. The molecule has 1 fully saturated rings. The first-order chi connectivity index (χ1) is 9.29. The van der Waals surface area contributed by atoms with E-state index in [4.69, 9.17) is 5.11 Å². The van der Waals surface area contributed by atoms with Gasteiger partial charge in [0.1, 0.15) is 0 Å². The number of carboxylic acid groups (broad SMARTS) is 1. The Morgan fingerprint density at radius 3 is 2.30 bits per heavy atom. The first-order valence-corrected chi connectivity index (χ1v) is 7.97. The maximum absolute atomic E-state index is 11.6. The van der Waals surface area contributed by atoms with Gasteiger partial charge in [-0.25, -0.2) is 8.42 Å². The van der Waals surface area contributed by atoms with Gasteiger partial charge in [0, 0.05) is 12.8 Å². The summed E-state index contributed by atoms with van der Waals surface area (Å²) in [7, 11) is -3.22. The van der Waals surface area contributed by atoms with E-state index in [0.717, 1.165) is 11.8 Å². The zero-order chi connectivity index (χ0) is 14.9. The molecule has 7 heteroatoms. The van der Waals surface area contributed by atoms with E-state index in [1.807, 2.05) is 0 Å². The van der Waals surface area contributed by atoms with Crippen LogP contribution >= 0.6 is 0 Å². The highest BCUT2D eigenvalue weighted by molar-refractivity contribution is 7.90. The van der Waals surface area contributed by atoms with Gasteiger partial charge >= 0.3 is 5.97 Å². The maximum Gasteiger partial charge on any atom is 0.307 e. The fourth-order valence-electron chi connectivity index (χ4n) is 1.93. The fourth-order valence-corrected chi connectivity index (χ4v) is 2.56. The highest BCUT2D eigenvalue weighted by Gasteiger charge is 2.48. The molecule has 0 aromatic heterocycles. The van der Waals surface area contributed by atoms with E-state index >= 15 is 0 Å². The van der Waals surface area contributed by atoms with E-state index in [0.29, 0.717) is 6.42 Å². The third kappa shape index (κ3) is 3.36. The van der Waals surface area contributed by atoms with E-state index in [-0.39, 0.29) is 17.3 Å². The van der Waals surface area contributed by atoms with Gasteiger partial charge in [0.15, 0.2) is 9.84 Å². The molecule has 1 aliphatic rings. The van der Waals surface area contributed by atoms with Crippen molar-refractivity contribution in [1.29, 1.82) is 0 Å². The molecule has 0 spiro atoms. The van der Waals surface area contributed by atoms with E-state index in [1.54, 1.807) is 12.1 Å². The number of hydrogen-bond acceptors (Lipinski definition) is 4. The summed E-state index contributed by atoms with van der Waals surface area (Å²) in [6.07, 6.45) is 1.51. The Labute approximate surface area is 116 Å². The molecule has 0 saturated heterocycles. The van der Waals surface area contributed by atoms with Crippen LogP contribution in [0, 0.1) is 11.8 Å². The normalized spacial score (nSPS) is 21.2. The summed E-state index contributed by atoms with van der Waals surface area (Å²) in [4.78, 5) is 22.5. The van der Waals surface area contributed by atoms with Crippen molar-refractivity contribution >= 4 is 21.7 Å². The second kappa shape index (κ2) is 5.24. The molecule has 0 aliphatic heterocycles. The SMILES string of the molecule is CS(=O)(=O)c1ccc(CNC(=O)[C@H]2C[C@H]2C(=O)O)cc1. The number of nitrogens with one attached hydrogen (secondary N) is 1. The Morgan fingerprint density at radius 1 is 1.25 bits per heavy atom. The second-order valence-corrected chi connectivity index (χ2v) is 6.94. The van der Waals surface area contributed by atoms with Gasteiger partial charge in [-0.2, -0.15) is 0 Å². The van der Waals surface area contributed by atoms with Crippen LogP contribution in [0.4, 0.5) is 0 Å². The number of sulfone groups is 1. The average molecular weight is 297 g/mol. The van der Waals surface area contributed by atoms with Crippen molar-refractivity contribution in [2.24, 2.45) is 11.8 Å². The smallest absolute Gasteiger partial charge is 0.307 e. The summed E-state index contributed by atoms with van der Waals surface area (Å²) in [5, 5.41) is 11.4. The topological polar surface area (TPSA) is 101 Å². The fraction of sp³-hybridized carbons (Fsp3) is 0.385. The van der Waals surface area contributed by atoms with Gasteiger partial charge in [0.05, 0.1) is 16.7 Å². The molecule has 2 N–H and O–H groups in total. The largest absolute Gasteiger partial charge is 0.481 e. The third-order valence-corrected chi connectivity index (χ3v) is 4.39. The summed E-state index contributed by atoms with van der Waals surface area (Å²) in [6.45, 7) is 0.256. The lowest BCUT2D eigenvalue weighted by Crippen LogP contribution is -2.25. The molecular weight excluding hydrogens is 282 g/mol. The summed E-state index contributed by atoms with van der Waals surface area (Å²) < 4.78 is 22.6. The van der Waals surface area contributed by atoms with Crippen molar-refractivity contribution < 1.29 is 23.1 Å². The number of benzene rings is 1. The van der Waals surface area contributed by atoms with Crippen LogP contribution in [0.5, 0.6) is 0 Å². The van der Waals surface area contributed by atoms with Crippen molar-refractivity contribution in [3.63, 3.8) is 0 Å². The number of rotatable bonds is 5. The van der Waals surface area contributed by atoms with E-state index in [2.05, 4.69) is 5.32 Å². The molecule has 0 heterocycles. The van der Waals surface area contributed by atoms with Crippen LogP contribution in [0.25, 0.3) is 0 Å². The van der Waals surface area contributed by atoms with Crippen molar-refractivity contribution in [2.45, 2.75) is 17.9 Å². The summed E-state index contributed by atoms with van der Waals surface area (Å²) in [5.74, 6) is -2.22. The van der Waals surface area contributed by atoms with Crippen molar-refractivity contribution in [2.75, 3.05) is 6.26 Å². The number of amides is 1. The van der Waals surface area contributed by atoms with Crippen molar-refractivity contribution in [3.05, 3.63) is 29.8 Å². The minimum Gasteiger partial charge on any atom is -0.481 e. The van der Waals surface area contributed by atoms with Crippen LogP contribution in [-0.2, 0) is 26.0 Å². The van der Waals surface area contributed by atoms with Crippen LogP contribution in [-0.4, -0.2) is 31.7 Å². The minimum absolute atomic E-state index is 0.223. The molecule has 1 aromatic carbocycles. The molecule has 6 nitrogen and oxygen atoms in total. The van der Waals surface area contributed by atoms with E-state index in [1.165, 1.54) is 12.1 Å². The lowest BCUT2D eigenvalue weighted by atomic mass is 10.2. The summed E-state index contributed by atoms with van der Waals surface area (Å²) in [5.41, 5.74) is 0.762. The van der Waals surface area contributed by atoms with Gasteiger partial charge in [-0.05, 0) is 24.1 Å². The maximum atomic E-state index is 11.6. The van der Waals surface area contributed by atoms with Gasteiger partial charge in [-0.1, -0.05) is 12.1 Å². The Balaban J connectivity index is 1.89. The van der Waals surface area contributed by atoms with Gasteiger partial charge < -0.3 is 10.4 Å². The molecule has 20 heavy (non-hydrogen) atoms. The molecule has 2 rings (SSSR count). The molecule has 1 aromatic rings. The molecular formula is C13H15NO5S. The number of hydrogen-bond donors (Lipinski definition) is 2. The molecule has 0 bridgehead atoms. The Kier molecular flexibility index (Phi) is 3.80. The number of carboxylic acids is 1. The minimum atomic E-state index is -3.22. The summed E-state index contributed by atoms with van der Waals surface area (Å²) in [6, 6.07) is 6.21. The van der Waals surface area contributed by atoms with Gasteiger partial charge in [0.25, 0.3) is 0 Å². The Hall–Kier alpha value is -1.89. The zero-order valence-electron chi connectivity index (χ0n) is 10.9. The third-order valence-electron chi connectivity index (χ3n) is 3.26. The van der Waals surface area contributed by atoms with E-state index < -0.39 is 27.6 Å². The molecule has 0 unspecified atom stereocenters. The first-order valence-electron chi connectivity index (χ1n) is 6.08. The van der Waals surface area contributed by atoms with E-state index in [9.17, 15) is 18.0 Å². The molecule has 2 atom stereocenters. The number of carbonyl (C=O) groups excluding carboxylic acids is 1. The second-order valence-electron chi connectivity index (χ2n) is 4.92. The predicted octanol–water partition coefficient (Wildman–Crippen LogP) is 0.427. The monoisotopic (exact) mass is 297 g/mol. The Morgan fingerprint density at radius 2 is 1.85 bits per heavy atom. The molecule has 1 aliphatic carbocycles. The van der Waals surface area contributed by atoms with Crippen LogP contribution in [0.3, 0.4) is 0 Å². The molecule has 0 radical (unpaired) electrons. The molecule has 1 amide bonds. The van der Waals surface area contributed by atoms with Gasteiger partial charge in [-0.3, -0.25) is 9.59 Å². The number of aliphatic carboxylic acids is 1. The van der Waals surface area contributed by atoms with Crippen LogP contribution in [0.2, 0.25) is 0 Å². The van der Waals surface area contributed by atoms with Crippen molar-refractivity contribution in [3.8, 4) is 0 Å². The van der Waals surface area contributed by atoms with Crippen LogP contribution in [0.1, 0.15) is 12.0 Å². The average Bonchev–Trinajstić information content (AvgIpc) is 3.15. The lowest BCUT2D eigenvalue weighted by Gasteiger charge is -2.05. The van der Waals surface area contributed by atoms with Crippen LogP contribution in [0.15, 0.2) is 29.2 Å². The highest BCUT2D eigenvalue weighted by atomic mass is 32.2. The van der Waals surface area contributed by atoms with Gasteiger partial charge in [0.2, 0.25) is 5.91 Å².